The second-order valence-electron chi connectivity index (χ2n) is 1.59. The van der Waals surface area contributed by atoms with Crippen LogP contribution < -0.4 is 5.09 Å². The summed E-state index contributed by atoms with van der Waals surface area (Å²) in [7, 11) is 7.21. The smallest absolute Gasteiger partial charge is 0.147 e. The molecule has 0 spiro atoms. The van der Waals surface area contributed by atoms with Crippen LogP contribution in [0.2, 0.25) is 6.32 Å². The van der Waals surface area contributed by atoms with Gasteiger partial charge >= 0.3 is 0 Å². The van der Waals surface area contributed by atoms with Crippen LogP contribution in [-0.2, 0) is 0 Å². The highest BCUT2D eigenvalue weighted by atomic mass is 127. The van der Waals surface area contributed by atoms with Crippen molar-refractivity contribution in [3.63, 3.8) is 0 Å². The molecule has 3 atom stereocenters. The van der Waals surface area contributed by atoms with Crippen molar-refractivity contribution < 1.29 is 10.2 Å². The maximum Gasteiger partial charge on any atom is 0.147 e. The van der Waals surface area contributed by atoms with E-state index in [2.05, 4.69) is 14.5 Å². The minimum Gasteiger partial charge on any atom is -0.376 e. The summed E-state index contributed by atoms with van der Waals surface area (Å²) in [6.45, 7) is 0. The van der Waals surface area contributed by atoms with Crippen molar-refractivity contribution in [1.82, 2.24) is 5.09 Å². The Morgan fingerprint density at radius 3 is 2.44 bits per heavy atom. The van der Waals surface area contributed by atoms with Gasteiger partial charge in [-0.3, -0.25) is 5.09 Å². The highest BCUT2D eigenvalue weighted by Gasteiger charge is 2.28. The van der Waals surface area contributed by atoms with E-state index < -0.39 is 9.84 Å². The first kappa shape index (κ1) is 10.1. The monoisotopic (exact) mass is 259 g/mol. The Bertz CT molecular complexity index is 93.9. The second kappa shape index (κ2) is 4.08. The van der Waals surface area contributed by atoms with Crippen LogP contribution in [0.25, 0.3) is 0 Å². The molecule has 3 N–H and O–H groups in total. The number of alkyl halides is 1. The van der Waals surface area contributed by atoms with Crippen LogP contribution in [0.15, 0.2) is 0 Å². The van der Waals surface area contributed by atoms with Crippen molar-refractivity contribution in [2.24, 2.45) is 0 Å². The number of aliphatic hydroxyl groups excluding tert-OH is 1. The Balaban J connectivity index is 3.80. The average Bonchev–Trinajstić information content (AvgIpc) is 1.86. The molecule has 3 nitrogen and oxygen atoms in total. The zero-order valence-electron chi connectivity index (χ0n) is 4.71. The fourth-order valence-electron chi connectivity index (χ4n) is 0.239. The van der Waals surface area contributed by atoms with Crippen molar-refractivity contribution in [2.75, 3.05) is 0 Å². The van der Waals surface area contributed by atoms with E-state index >= 15 is 0 Å². The first-order valence-electron chi connectivity index (χ1n) is 2.30. The number of nitrogens with one attached hydrogen (secondary N) is 1. The summed E-state index contributed by atoms with van der Waals surface area (Å²) in [5, 5.41) is 20.4. The van der Waals surface area contributed by atoms with E-state index in [0.29, 0.717) is 0 Å². The first-order chi connectivity index (χ1) is 4.04. The molecule has 3 unspecified atom stereocenters. The van der Waals surface area contributed by atoms with Crippen LogP contribution in [0.1, 0.15) is 0 Å². The van der Waals surface area contributed by atoms with Gasteiger partial charge in [-0.25, -0.2) is 0 Å². The van der Waals surface area contributed by atoms with E-state index in [1.165, 1.54) is 0 Å². The Kier molecular flexibility index (Phi) is 4.58. The fourth-order valence-corrected chi connectivity index (χ4v) is 1.03. The Morgan fingerprint density at radius 1 is 1.89 bits per heavy atom. The van der Waals surface area contributed by atoms with Gasteiger partial charge in [0.15, 0.2) is 0 Å². The quantitative estimate of drug-likeness (QED) is 0.208. The fraction of sp³-hybridized carbons (Fsp3) is 1.00. The summed E-state index contributed by atoms with van der Waals surface area (Å²) in [6.07, 6.45) is -0.996. The van der Waals surface area contributed by atoms with E-state index in [4.69, 9.17) is 18.1 Å². The predicted octanol–water partition coefficient (Wildman–Crippen LogP) is -0.605. The Morgan fingerprint density at radius 2 is 2.33 bits per heavy atom. The van der Waals surface area contributed by atoms with E-state index in [0.717, 1.165) is 0 Å². The van der Waals surface area contributed by atoms with Gasteiger partial charge in [0.2, 0.25) is 0 Å². The molecule has 6 heteroatoms. The van der Waals surface area contributed by atoms with Gasteiger partial charge in [0.1, 0.15) is 9.84 Å². The van der Waals surface area contributed by atoms with Crippen LogP contribution in [-0.4, -0.2) is 27.9 Å². The van der Waals surface area contributed by atoms with Crippen molar-refractivity contribution in [3.05, 3.63) is 0 Å². The number of rotatable bonds is 3. The van der Waals surface area contributed by atoms with Gasteiger partial charge in [0.25, 0.3) is 0 Å². The van der Waals surface area contributed by atoms with Gasteiger partial charge < -0.3 is 10.2 Å². The molecular formula is C3H8BINO2P. The molecule has 2 radical (unpaired) electrons. The summed E-state index contributed by atoms with van der Waals surface area (Å²) >= 11 is 1.67. The molecule has 0 fully saturated rings. The van der Waals surface area contributed by atoms with Crippen LogP contribution >= 0.6 is 32.0 Å². The van der Waals surface area contributed by atoms with E-state index in [1.807, 2.05) is 0 Å². The molecule has 0 aliphatic heterocycles. The third kappa shape index (κ3) is 3.14. The highest BCUT2D eigenvalue weighted by Crippen LogP contribution is 2.22. The predicted molar refractivity (Wildman–Crippen MR) is 48.4 cm³/mol. The van der Waals surface area contributed by atoms with Crippen molar-refractivity contribution in [1.29, 1.82) is 0 Å². The van der Waals surface area contributed by atoms with Gasteiger partial charge in [-0.15, -0.1) is 0 Å². The van der Waals surface area contributed by atoms with Crippen LogP contribution in [0.3, 0.4) is 0 Å². The van der Waals surface area contributed by atoms with Gasteiger partial charge in [0.05, 0.1) is 7.85 Å². The molecule has 0 rings (SSSR count). The summed E-state index contributed by atoms with van der Waals surface area (Å²) < 4.78 is -1.28. The average molecular weight is 259 g/mol. The summed E-state index contributed by atoms with van der Waals surface area (Å²) in [5.41, 5.74) is 0. The zero-order valence-corrected chi connectivity index (χ0v) is 8.02. The van der Waals surface area contributed by atoms with Crippen LogP contribution in [0.4, 0.5) is 0 Å². The minimum absolute atomic E-state index is 0.0100. The topological polar surface area (TPSA) is 52.5 Å². The molecule has 0 bridgehead atoms. The van der Waals surface area contributed by atoms with Crippen molar-refractivity contribution in [3.8, 4) is 0 Å². The maximum atomic E-state index is 9.13. The molecule has 0 aromatic heterocycles. The van der Waals surface area contributed by atoms with Crippen molar-refractivity contribution in [2.45, 2.75) is 16.2 Å². The SMILES string of the molecule is [B]CC(O)(I)C(O)NP. The lowest BCUT2D eigenvalue weighted by Crippen LogP contribution is -2.42. The molecule has 0 aromatic carbocycles. The van der Waals surface area contributed by atoms with Gasteiger partial charge in [-0.2, -0.15) is 0 Å². The van der Waals surface area contributed by atoms with Crippen LogP contribution in [0.5, 0.6) is 0 Å². The first-order valence-corrected chi connectivity index (χ1v) is 3.95. The third-order valence-corrected chi connectivity index (χ3v) is 2.21. The molecular weight excluding hydrogens is 251 g/mol. The van der Waals surface area contributed by atoms with Gasteiger partial charge in [-0.1, -0.05) is 9.39 Å². The molecule has 9 heavy (non-hydrogen) atoms. The molecule has 0 aromatic rings. The normalized spacial score (nSPS) is 20.9. The maximum absolute atomic E-state index is 9.13. The van der Waals surface area contributed by atoms with E-state index in [-0.39, 0.29) is 6.32 Å². The molecule has 0 aliphatic carbocycles. The lowest BCUT2D eigenvalue weighted by Gasteiger charge is -2.24. The largest absolute Gasteiger partial charge is 0.376 e. The lowest BCUT2D eigenvalue weighted by molar-refractivity contribution is 0.0141. The molecule has 52 valence electrons. The summed E-state index contributed by atoms with van der Waals surface area (Å²) in [4.78, 5) is 0. The number of hydrogen-bond donors (Lipinski definition) is 3. The molecule has 0 heterocycles. The molecule has 0 aliphatic rings. The molecule has 0 saturated carbocycles. The van der Waals surface area contributed by atoms with Crippen LogP contribution in [0, 0.1) is 0 Å². The summed E-state index contributed by atoms with van der Waals surface area (Å²) in [5.74, 6) is 0. The van der Waals surface area contributed by atoms with E-state index in [1.54, 1.807) is 22.6 Å². The second-order valence-corrected chi connectivity index (χ2v) is 3.79. The Hall–Kier alpha value is 1.10. The lowest BCUT2D eigenvalue weighted by atomic mass is 9.99. The zero-order chi connectivity index (χ0) is 7.49. The number of aliphatic hydroxyl groups is 2. The summed E-state index contributed by atoms with van der Waals surface area (Å²) in [6, 6.07) is 0. The third-order valence-electron chi connectivity index (χ3n) is 0.863. The van der Waals surface area contributed by atoms with E-state index in [9.17, 15) is 0 Å². The van der Waals surface area contributed by atoms with Crippen molar-refractivity contribution >= 4 is 39.8 Å². The molecule has 0 amide bonds. The van der Waals surface area contributed by atoms with Gasteiger partial charge in [0, 0.05) is 0 Å². The Labute approximate surface area is 71.4 Å². The standard InChI is InChI=1S/C3H8BINO2P/c4-1-3(5,8)2(7)6-9/h2,6-8H,1,9H2. The highest BCUT2D eigenvalue weighted by molar-refractivity contribution is 14.1. The molecule has 0 saturated heterocycles. The number of hydrogen-bond acceptors (Lipinski definition) is 3. The van der Waals surface area contributed by atoms with Gasteiger partial charge in [-0.05, 0) is 28.9 Å². The number of halogens is 1. The minimum atomic E-state index is -1.28.